The number of imidazole rings is 1. The Bertz CT molecular complexity index is 4070. The van der Waals surface area contributed by atoms with E-state index < -0.39 is 91.9 Å². The Balaban J connectivity index is 1.34. The average molecular weight is 897 g/mol. The topological polar surface area (TPSA) is 50.9 Å². The third kappa shape index (κ3) is 8.86. The van der Waals surface area contributed by atoms with Gasteiger partial charge in [0, 0.05) is 39.3 Å². The lowest BCUT2D eigenvalue weighted by atomic mass is 9.85. The van der Waals surface area contributed by atoms with Gasteiger partial charge in [0.1, 0.15) is 11.6 Å². The fourth-order valence-corrected chi connectivity index (χ4v) is 8.43. The Morgan fingerprint density at radius 2 is 1.28 bits per heavy atom. The van der Waals surface area contributed by atoms with Crippen molar-refractivity contribution in [2.45, 2.75) is 98.5 Å². The van der Waals surface area contributed by atoms with Gasteiger partial charge in [-0.2, -0.15) is 0 Å². The van der Waals surface area contributed by atoms with Gasteiger partial charge in [-0.25, -0.2) is 4.98 Å². The number of hydrogen-bond donors (Lipinski definition) is 1. The summed E-state index contributed by atoms with van der Waals surface area (Å²) in [6, 6.07) is 30.4. The number of pyridine rings is 1. The minimum absolute atomic E-state index is 0.000542. The molecule has 0 unspecified atom stereocenters. The molecule has 4 heteroatoms. The minimum Gasteiger partial charge on any atom is -0.507 e. The van der Waals surface area contributed by atoms with Crippen molar-refractivity contribution in [3.8, 4) is 78.6 Å². The van der Waals surface area contributed by atoms with Gasteiger partial charge in [-0.05, 0) is 133 Å². The average Bonchev–Trinajstić information content (AvgIpc) is 0.744. The molecule has 0 aliphatic heterocycles. The van der Waals surface area contributed by atoms with Crippen molar-refractivity contribution in [2.24, 2.45) is 0 Å². The fraction of sp³-hybridized carbons (Fsp3) is 0.238. The molecule has 1 N–H and O–H groups in total. The Kier molecular flexibility index (Phi) is 7.26. The first-order valence-electron chi connectivity index (χ1n) is 31.8. The Labute approximate surface area is 424 Å². The second-order valence-corrected chi connectivity index (χ2v) is 18.6. The highest BCUT2D eigenvalue weighted by atomic mass is 16.3. The van der Waals surface area contributed by atoms with Crippen molar-refractivity contribution in [1.29, 1.82) is 0 Å². The van der Waals surface area contributed by atoms with Crippen LogP contribution in [0, 0.1) is 6.85 Å². The van der Waals surface area contributed by atoms with E-state index in [1.165, 1.54) is 0 Å². The van der Waals surface area contributed by atoms with E-state index in [0.717, 1.165) is 11.1 Å². The molecule has 7 aromatic carbocycles. The molecular formula is C63H63N3O. The van der Waals surface area contributed by atoms with E-state index in [2.05, 4.69) is 39.6 Å². The van der Waals surface area contributed by atoms with Gasteiger partial charge in [0.25, 0.3) is 0 Å². The molecule has 0 amide bonds. The monoisotopic (exact) mass is 897 g/mol. The van der Waals surface area contributed by atoms with Crippen LogP contribution in [-0.2, 0) is 10.8 Å². The van der Waals surface area contributed by atoms with Gasteiger partial charge >= 0.3 is 0 Å². The number of hydrogen-bond acceptors (Lipinski definition) is 3. The Morgan fingerprint density at radius 3 is 1.97 bits per heavy atom. The summed E-state index contributed by atoms with van der Waals surface area (Å²) < 4.78 is 167. The van der Waals surface area contributed by atoms with Gasteiger partial charge in [0.2, 0.25) is 0 Å². The summed E-state index contributed by atoms with van der Waals surface area (Å²) in [6.45, 7) is 0.00658. The van der Waals surface area contributed by atoms with E-state index in [0.29, 0.717) is 67.1 Å². The van der Waals surface area contributed by atoms with Crippen molar-refractivity contribution in [3.05, 3.63) is 192 Å². The van der Waals surface area contributed by atoms with Gasteiger partial charge in [-0.1, -0.05) is 184 Å². The predicted molar refractivity (Wildman–Crippen MR) is 283 cm³/mol. The first-order valence-corrected chi connectivity index (χ1v) is 22.3. The maximum absolute atomic E-state index is 12.5. The molecular weight excluding hydrogens is 815 g/mol. The van der Waals surface area contributed by atoms with E-state index in [4.69, 9.17) is 29.7 Å². The third-order valence-corrected chi connectivity index (χ3v) is 12.2. The van der Waals surface area contributed by atoms with Crippen molar-refractivity contribution >= 4 is 11.0 Å². The van der Waals surface area contributed by atoms with E-state index in [9.17, 15) is 6.48 Å². The van der Waals surface area contributed by atoms with Gasteiger partial charge in [0.15, 0.2) is 0 Å². The fourth-order valence-electron chi connectivity index (χ4n) is 8.43. The highest BCUT2D eigenvalue weighted by molar-refractivity contribution is 5.98. The quantitative estimate of drug-likeness (QED) is 0.157. The number of phenolic OH excluding ortho intramolecular Hbond substituents is 1. The molecule has 9 rings (SSSR count). The third-order valence-electron chi connectivity index (χ3n) is 12.2. The van der Waals surface area contributed by atoms with Crippen LogP contribution in [0.2, 0.25) is 0 Å². The molecule has 0 aliphatic carbocycles. The van der Waals surface area contributed by atoms with Crippen molar-refractivity contribution in [2.75, 3.05) is 0 Å². The van der Waals surface area contributed by atoms with Crippen LogP contribution in [-0.4, -0.2) is 19.6 Å². The number of benzene rings is 7. The summed E-state index contributed by atoms with van der Waals surface area (Å²) in [7, 11) is 0. The molecule has 0 atom stereocenters. The molecule has 0 bridgehead atoms. The molecule has 0 spiro atoms. The van der Waals surface area contributed by atoms with E-state index in [1.54, 1.807) is 30.3 Å². The Morgan fingerprint density at radius 1 is 0.582 bits per heavy atom. The summed E-state index contributed by atoms with van der Waals surface area (Å²) in [5, 5.41) is 12.5. The molecule has 9 aromatic rings. The van der Waals surface area contributed by atoms with E-state index in [-0.39, 0.29) is 39.8 Å². The van der Waals surface area contributed by atoms with Gasteiger partial charge < -0.3 is 5.11 Å². The SMILES string of the molecule is [2H]c1nc(-c2cccc(-c3cccc4c3nc(-c3cc(C(C)C)cc(C(C)C)c3O)n4-c3cc(-c4ccccc4)c(C([2H])([2H])[2H])cc3-c3ccc(C(C)(C)C)cc3)c2)c([2H])c(-c2c([2H])c([2H])c(C(C([2H])([2H])[2H])(C([2H])([2H])[2H])C([2H])([2H])[2H])c([2H])c2[2H])c1[2H]. The highest BCUT2D eigenvalue weighted by Crippen LogP contribution is 2.45. The molecule has 336 valence electrons. The Hall–Kier alpha value is -7.04. The molecule has 0 saturated heterocycles. The van der Waals surface area contributed by atoms with Crippen LogP contribution < -0.4 is 0 Å². The van der Waals surface area contributed by atoms with Crippen LogP contribution in [0.1, 0.15) is 135 Å². The molecule has 0 saturated carbocycles. The van der Waals surface area contributed by atoms with Crippen LogP contribution in [0.5, 0.6) is 5.75 Å². The molecule has 2 heterocycles. The van der Waals surface area contributed by atoms with Crippen molar-refractivity contribution in [3.63, 3.8) is 0 Å². The number of fused-ring (bicyclic) bond motifs is 1. The first-order chi connectivity index (χ1) is 39.8. The smallest absolute Gasteiger partial charge is 0.149 e. The van der Waals surface area contributed by atoms with Crippen LogP contribution in [0.15, 0.2) is 164 Å². The van der Waals surface area contributed by atoms with Crippen LogP contribution >= 0.6 is 0 Å². The molecule has 67 heavy (non-hydrogen) atoms. The van der Waals surface area contributed by atoms with Gasteiger partial charge in [-0.3, -0.25) is 9.55 Å². The number of nitrogens with zero attached hydrogens (tertiary/aromatic N) is 3. The van der Waals surface area contributed by atoms with Gasteiger partial charge in [0.05, 0.1) is 37.6 Å². The van der Waals surface area contributed by atoms with Gasteiger partial charge in [-0.15, -0.1) is 0 Å². The summed E-state index contributed by atoms with van der Waals surface area (Å²) >= 11 is 0. The molecule has 0 fully saturated rings. The van der Waals surface area contributed by atoms with Crippen LogP contribution in [0.4, 0.5) is 0 Å². The zero-order valence-corrected chi connectivity index (χ0v) is 38.5. The molecule has 4 nitrogen and oxygen atoms in total. The second kappa shape index (κ2) is 17.6. The number of para-hydroxylation sites is 1. The van der Waals surface area contributed by atoms with Crippen LogP contribution in [0.25, 0.3) is 83.9 Å². The largest absolute Gasteiger partial charge is 0.507 e. The van der Waals surface area contributed by atoms with E-state index >= 15 is 0 Å². The second-order valence-electron chi connectivity index (χ2n) is 18.6. The maximum atomic E-state index is 12.5. The standard InChI is InChI=1S/C63H63N3O/c1-39(2)48-35-52(40(3)4)60(67)55(36-48)61-65-59-51(46-19-15-20-47(34-46)56-37-45(31-32-64-56)42-23-27-49(28-24-42)62(6,7)8)21-16-22-57(59)66(61)58-38-53(43-17-13-12-14-18-43)41(5)33-54(58)44-25-29-50(30-26-44)63(9,10)11/h12-40,67H,1-11H3/i5D3,6D3,7D3,8D3,23D,24D,27D,28D,31D,32D,37D. The number of aromatic hydroxyl groups is 1. The van der Waals surface area contributed by atoms with Crippen molar-refractivity contribution < 1.29 is 31.2 Å². The lowest BCUT2D eigenvalue weighted by Crippen LogP contribution is -2.10. The first kappa shape index (κ1) is 27.6. The number of aromatic nitrogens is 3. The summed E-state index contributed by atoms with van der Waals surface area (Å²) in [5.41, 5.74) is 1.01. The van der Waals surface area contributed by atoms with E-state index in [1.807, 2.05) is 109 Å². The highest BCUT2D eigenvalue weighted by Gasteiger charge is 2.26. The molecule has 2 aromatic heterocycles. The maximum Gasteiger partial charge on any atom is 0.149 e. The lowest BCUT2D eigenvalue weighted by Gasteiger charge is -2.22. The number of rotatable bonds is 9. The lowest BCUT2D eigenvalue weighted by molar-refractivity contribution is 0.466. The number of phenols is 1. The zero-order valence-electron chi connectivity index (χ0n) is 57.5. The molecule has 0 radical (unpaired) electrons. The minimum atomic E-state index is -3.94. The van der Waals surface area contributed by atoms with Crippen LogP contribution in [0.3, 0.4) is 0 Å². The molecule has 0 aliphatic rings. The zero-order chi connectivity index (χ0) is 63.5. The normalized spacial score (nSPS) is 17.0. The number of aryl methyl sites for hydroxylation is 1. The summed E-state index contributed by atoms with van der Waals surface area (Å²) in [6.07, 6.45) is -0.767. The van der Waals surface area contributed by atoms with Crippen molar-refractivity contribution in [1.82, 2.24) is 14.5 Å². The summed E-state index contributed by atoms with van der Waals surface area (Å²) in [5.74, 6) is 0.210. The summed E-state index contributed by atoms with van der Waals surface area (Å²) in [4.78, 5) is 9.77. The predicted octanol–water partition coefficient (Wildman–Crippen LogP) is 17.3.